The second-order valence-electron chi connectivity index (χ2n) is 4.55. The summed E-state index contributed by atoms with van der Waals surface area (Å²) in [5.41, 5.74) is 1.06. The molecule has 0 saturated heterocycles. The van der Waals surface area contributed by atoms with Crippen LogP contribution in [0.25, 0.3) is 0 Å². The molecule has 2 aromatic rings. The summed E-state index contributed by atoms with van der Waals surface area (Å²) in [5.74, 6) is 1.75. The number of rotatable bonds is 7. The highest BCUT2D eigenvalue weighted by Crippen LogP contribution is 2.28. The molecule has 0 atom stereocenters. The monoisotopic (exact) mass is 255 g/mol. The van der Waals surface area contributed by atoms with Crippen molar-refractivity contribution in [2.24, 2.45) is 0 Å². The summed E-state index contributed by atoms with van der Waals surface area (Å²) in [5, 5.41) is 3.44. The Balaban J connectivity index is 2.00. The molecule has 0 bridgehead atoms. The van der Waals surface area contributed by atoms with Gasteiger partial charge in [-0.05, 0) is 30.7 Å². The first-order valence-electron chi connectivity index (χ1n) is 6.96. The smallest absolute Gasteiger partial charge is 0.150 e. The van der Waals surface area contributed by atoms with Gasteiger partial charge in [0.25, 0.3) is 0 Å². The van der Waals surface area contributed by atoms with Crippen molar-refractivity contribution in [3.63, 3.8) is 0 Å². The Hall–Kier alpha value is -1.96. The largest absolute Gasteiger partial charge is 0.455 e. The predicted molar refractivity (Wildman–Crippen MR) is 81.0 cm³/mol. The summed E-state index contributed by atoms with van der Waals surface area (Å²) < 4.78 is 5.90. The molecule has 100 valence electrons. The Bertz CT molecular complexity index is 482. The molecule has 1 N–H and O–H groups in total. The van der Waals surface area contributed by atoms with Crippen molar-refractivity contribution in [3.8, 4) is 11.5 Å². The van der Waals surface area contributed by atoms with E-state index < -0.39 is 0 Å². The quantitative estimate of drug-likeness (QED) is 0.696. The molecule has 0 amide bonds. The van der Waals surface area contributed by atoms with Crippen molar-refractivity contribution in [1.82, 2.24) is 0 Å². The van der Waals surface area contributed by atoms with E-state index in [9.17, 15) is 0 Å². The molecular formula is C17H21NO. The molecule has 0 aliphatic carbocycles. The van der Waals surface area contributed by atoms with Crippen LogP contribution in [0.4, 0.5) is 5.69 Å². The summed E-state index contributed by atoms with van der Waals surface area (Å²) in [6.45, 7) is 3.20. The average Bonchev–Trinajstić information content (AvgIpc) is 2.46. The van der Waals surface area contributed by atoms with Gasteiger partial charge in [-0.3, -0.25) is 0 Å². The molecule has 2 rings (SSSR count). The second-order valence-corrected chi connectivity index (χ2v) is 4.55. The topological polar surface area (TPSA) is 21.3 Å². The minimum absolute atomic E-state index is 0.866. The van der Waals surface area contributed by atoms with E-state index in [0.29, 0.717) is 0 Å². The maximum Gasteiger partial charge on any atom is 0.150 e. The number of hydrogen-bond acceptors (Lipinski definition) is 2. The average molecular weight is 255 g/mol. The van der Waals surface area contributed by atoms with Crippen LogP contribution in [0.5, 0.6) is 11.5 Å². The molecule has 2 heteroatoms. The lowest BCUT2D eigenvalue weighted by molar-refractivity contribution is 0.484. The predicted octanol–water partition coefficient (Wildman–Crippen LogP) is 5.08. The van der Waals surface area contributed by atoms with Crippen LogP contribution in [0.2, 0.25) is 0 Å². The zero-order valence-electron chi connectivity index (χ0n) is 11.4. The third-order valence-electron chi connectivity index (χ3n) is 2.95. The van der Waals surface area contributed by atoms with Crippen molar-refractivity contribution in [1.29, 1.82) is 0 Å². The Morgan fingerprint density at radius 2 is 1.63 bits per heavy atom. The number of benzene rings is 2. The number of ether oxygens (including phenoxy) is 1. The highest BCUT2D eigenvalue weighted by Gasteiger charge is 2.03. The normalized spacial score (nSPS) is 10.2. The van der Waals surface area contributed by atoms with Gasteiger partial charge in [0, 0.05) is 6.54 Å². The number of hydrogen-bond donors (Lipinski definition) is 1. The number of anilines is 1. The third kappa shape index (κ3) is 4.32. The fraction of sp³-hybridized carbons (Fsp3) is 0.294. The Morgan fingerprint density at radius 3 is 2.42 bits per heavy atom. The van der Waals surface area contributed by atoms with Gasteiger partial charge in [-0.25, -0.2) is 0 Å². The lowest BCUT2D eigenvalue weighted by atomic mass is 10.2. The van der Waals surface area contributed by atoms with E-state index in [4.69, 9.17) is 4.74 Å². The highest BCUT2D eigenvalue weighted by atomic mass is 16.5. The van der Waals surface area contributed by atoms with Crippen LogP contribution in [0, 0.1) is 0 Å². The molecule has 2 nitrogen and oxygen atoms in total. The summed E-state index contributed by atoms with van der Waals surface area (Å²) in [6.07, 6.45) is 3.69. The fourth-order valence-electron chi connectivity index (χ4n) is 1.92. The minimum atomic E-state index is 0.866. The van der Waals surface area contributed by atoms with Gasteiger partial charge in [-0.15, -0.1) is 0 Å². The number of unbranched alkanes of at least 4 members (excludes halogenated alkanes) is 2. The van der Waals surface area contributed by atoms with Gasteiger partial charge >= 0.3 is 0 Å². The van der Waals surface area contributed by atoms with E-state index in [-0.39, 0.29) is 0 Å². The van der Waals surface area contributed by atoms with Crippen molar-refractivity contribution < 1.29 is 4.74 Å². The third-order valence-corrected chi connectivity index (χ3v) is 2.95. The molecule has 0 spiro atoms. The molecule has 0 saturated carbocycles. The van der Waals surface area contributed by atoms with Crippen LogP contribution in [0.15, 0.2) is 54.6 Å². The highest BCUT2D eigenvalue weighted by molar-refractivity contribution is 5.57. The van der Waals surface area contributed by atoms with Crippen LogP contribution in [0.3, 0.4) is 0 Å². The van der Waals surface area contributed by atoms with E-state index in [2.05, 4.69) is 18.3 Å². The van der Waals surface area contributed by atoms with Crippen molar-refractivity contribution in [2.45, 2.75) is 26.2 Å². The van der Waals surface area contributed by atoms with Crippen molar-refractivity contribution in [3.05, 3.63) is 54.6 Å². The summed E-state index contributed by atoms with van der Waals surface area (Å²) >= 11 is 0. The van der Waals surface area contributed by atoms with Gasteiger partial charge in [0.15, 0.2) is 5.75 Å². The number of para-hydroxylation sites is 3. The summed E-state index contributed by atoms with van der Waals surface area (Å²) in [7, 11) is 0. The second kappa shape index (κ2) is 7.47. The Morgan fingerprint density at radius 1 is 0.895 bits per heavy atom. The molecule has 0 heterocycles. The zero-order chi connectivity index (χ0) is 13.3. The molecule has 19 heavy (non-hydrogen) atoms. The summed E-state index contributed by atoms with van der Waals surface area (Å²) in [6, 6.07) is 18.0. The molecule has 0 aliphatic rings. The van der Waals surface area contributed by atoms with Gasteiger partial charge in [0.2, 0.25) is 0 Å². The van der Waals surface area contributed by atoms with E-state index >= 15 is 0 Å². The van der Waals surface area contributed by atoms with Crippen molar-refractivity contribution in [2.75, 3.05) is 11.9 Å². The minimum Gasteiger partial charge on any atom is -0.455 e. The lowest BCUT2D eigenvalue weighted by Crippen LogP contribution is -2.02. The van der Waals surface area contributed by atoms with Gasteiger partial charge in [-0.2, -0.15) is 0 Å². The molecule has 2 aromatic carbocycles. The van der Waals surface area contributed by atoms with Gasteiger partial charge in [0.05, 0.1) is 5.69 Å². The first-order valence-corrected chi connectivity index (χ1v) is 6.96. The Kier molecular flexibility index (Phi) is 5.30. The van der Waals surface area contributed by atoms with Crippen LogP contribution < -0.4 is 10.1 Å². The standard InChI is InChI=1S/C17H21NO/c1-2-3-9-14-18-16-12-7-8-13-17(16)19-15-10-5-4-6-11-15/h4-8,10-13,18H,2-3,9,14H2,1H3. The van der Waals surface area contributed by atoms with E-state index in [1.807, 2.05) is 48.5 Å². The first-order chi connectivity index (χ1) is 9.40. The van der Waals surface area contributed by atoms with Crippen LogP contribution >= 0.6 is 0 Å². The zero-order valence-corrected chi connectivity index (χ0v) is 11.4. The SMILES string of the molecule is CCCCCNc1ccccc1Oc1ccccc1. The van der Waals surface area contributed by atoms with Crippen LogP contribution in [-0.4, -0.2) is 6.54 Å². The molecule has 0 fully saturated rings. The van der Waals surface area contributed by atoms with Gasteiger partial charge in [-0.1, -0.05) is 50.1 Å². The molecular weight excluding hydrogens is 234 g/mol. The maximum absolute atomic E-state index is 5.90. The molecule has 0 aromatic heterocycles. The molecule has 0 radical (unpaired) electrons. The van der Waals surface area contributed by atoms with E-state index in [1.54, 1.807) is 0 Å². The van der Waals surface area contributed by atoms with Gasteiger partial charge < -0.3 is 10.1 Å². The van der Waals surface area contributed by atoms with Crippen LogP contribution in [0.1, 0.15) is 26.2 Å². The molecule has 0 aliphatic heterocycles. The number of nitrogens with one attached hydrogen (secondary N) is 1. The van der Waals surface area contributed by atoms with E-state index in [0.717, 1.165) is 23.7 Å². The first kappa shape index (κ1) is 13.5. The fourth-order valence-corrected chi connectivity index (χ4v) is 1.92. The van der Waals surface area contributed by atoms with Gasteiger partial charge in [0.1, 0.15) is 5.75 Å². The van der Waals surface area contributed by atoms with Crippen LogP contribution in [-0.2, 0) is 0 Å². The molecule has 0 unspecified atom stereocenters. The van der Waals surface area contributed by atoms with Crippen molar-refractivity contribution >= 4 is 5.69 Å². The lowest BCUT2D eigenvalue weighted by Gasteiger charge is -2.12. The maximum atomic E-state index is 5.90. The summed E-state index contributed by atoms with van der Waals surface area (Å²) in [4.78, 5) is 0. The Labute approximate surface area is 115 Å². The van der Waals surface area contributed by atoms with E-state index in [1.165, 1.54) is 19.3 Å².